The van der Waals surface area contributed by atoms with E-state index in [1.54, 1.807) is 26.2 Å². The number of nitrogens with one attached hydrogen (secondary N) is 2. The van der Waals surface area contributed by atoms with Crippen LogP contribution in [0.4, 0.5) is 11.6 Å². The van der Waals surface area contributed by atoms with Crippen LogP contribution in [0.25, 0.3) is 0 Å². The molecule has 0 amide bonds. The van der Waals surface area contributed by atoms with Crippen LogP contribution in [0.15, 0.2) is 42.9 Å². The Bertz CT molecular complexity index is 1270. The standard InChI is InChI=1S/C30H41N7O3/c1-22-20-31-21-29(37(22)39)35-27(24(3)38)13-17-36(18-19-40-28-10-7-14-32-23(28)2)16-5-4-9-26-12-11-25-8-6-15-33-30(25)34-26/h7,10-12,14,20-21,27,39H,4-6,8-9,13,15-19H2,1-3H3,(H,33,34)/p+1/t27-/m0/s1. The number of aryl methyl sites for hydroxylation is 4. The second kappa shape index (κ2) is 14.6. The molecule has 10 nitrogen and oxygen atoms in total. The van der Waals surface area contributed by atoms with Crippen LogP contribution in [0.3, 0.4) is 0 Å². The highest BCUT2D eigenvalue weighted by molar-refractivity contribution is 5.83. The Labute approximate surface area is 236 Å². The van der Waals surface area contributed by atoms with Gasteiger partial charge in [0, 0.05) is 44.9 Å². The largest absolute Gasteiger partial charge is 0.490 e. The van der Waals surface area contributed by atoms with Crippen molar-refractivity contribution in [3.8, 4) is 5.75 Å². The van der Waals surface area contributed by atoms with Gasteiger partial charge in [-0.25, -0.2) is 4.98 Å². The van der Waals surface area contributed by atoms with Crippen LogP contribution < -0.4 is 20.1 Å². The van der Waals surface area contributed by atoms with E-state index in [2.05, 4.69) is 37.6 Å². The van der Waals surface area contributed by atoms with Crippen molar-refractivity contribution in [2.75, 3.05) is 43.4 Å². The number of fused-ring (bicyclic) bond motifs is 1. The lowest BCUT2D eigenvalue weighted by atomic mass is 10.1. The molecule has 0 aliphatic carbocycles. The van der Waals surface area contributed by atoms with Crippen molar-refractivity contribution in [1.82, 2.24) is 19.9 Å². The summed E-state index contributed by atoms with van der Waals surface area (Å²) in [5.74, 6) is 2.24. The van der Waals surface area contributed by atoms with Crippen molar-refractivity contribution < 1.29 is 19.5 Å². The molecule has 0 spiro atoms. The first-order valence-electron chi connectivity index (χ1n) is 14.2. The third-order valence-electron chi connectivity index (χ3n) is 7.30. The average Bonchev–Trinajstić information content (AvgIpc) is 2.95. The first-order valence-corrected chi connectivity index (χ1v) is 14.2. The van der Waals surface area contributed by atoms with E-state index in [0.717, 1.165) is 79.4 Å². The van der Waals surface area contributed by atoms with Crippen molar-refractivity contribution in [1.29, 1.82) is 0 Å². The number of ketones is 1. The molecule has 0 unspecified atom stereocenters. The number of aromatic nitrogens is 4. The summed E-state index contributed by atoms with van der Waals surface area (Å²) in [5, 5.41) is 16.9. The smallest absolute Gasteiger partial charge is 0.333 e. The predicted molar refractivity (Wildman–Crippen MR) is 154 cm³/mol. The Morgan fingerprint density at radius 3 is 2.90 bits per heavy atom. The summed E-state index contributed by atoms with van der Waals surface area (Å²) in [6, 6.07) is 7.73. The summed E-state index contributed by atoms with van der Waals surface area (Å²) >= 11 is 0. The summed E-state index contributed by atoms with van der Waals surface area (Å²) in [6.07, 6.45) is 10.7. The van der Waals surface area contributed by atoms with E-state index in [9.17, 15) is 10.0 Å². The molecule has 214 valence electrons. The molecule has 0 aromatic carbocycles. The van der Waals surface area contributed by atoms with Crippen LogP contribution in [-0.2, 0) is 17.6 Å². The van der Waals surface area contributed by atoms with Gasteiger partial charge in [0.2, 0.25) is 0 Å². The summed E-state index contributed by atoms with van der Waals surface area (Å²) in [6.45, 7) is 9.10. The maximum Gasteiger partial charge on any atom is 0.333 e. The normalized spacial score (nSPS) is 13.4. The van der Waals surface area contributed by atoms with E-state index in [1.807, 2.05) is 19.1 Å². The Morgan fingerprint density at radius 1 is 1.20 bits per heavy atom. The molecule has 10 heteroatoms. The molecule has 0 saturated carbocycles. The van der Waals surface area contributed by atoms with Crippen molar-refractivity contribution in [3.05, 3.63) is 65.5 Å². The fourth-order valence-electron chi connectivity index (χ4n) is 4.87. The van der Waals surface area contributed by atoms with Crippen molar-refractivity contribution >= 4 is 17.4 Å². The number of unbranched alkanes of at least 4 members (excludes halogenated alkanes) is 1. The maximum absolute atomic E-state index is 12.5. The van der Waals surface area contributed by atoms with Crippen molar-refractivity contribution in [2.24, 2.45) is 0 Å². The SMILES string of the molecule is CC(=O)[C@H](CCN(CCCCc1ccc2c(n1)NCCC2)CCOc1cccnc1C)Nc1cncc(C)[n+]1O. The lowest BCUT2D eigenvalue weighted by Gasteiger charge is -2.24. The molecule has 1 aliphatic rings. The van der Waals surface area contributed by atoms with E-state index in [4.69, 9.17) is 9.72 Å². The number of carbonyl (C=O) groups excluding carboxylic acids is 1. The Morgan fingerprint density at radius 2 is 2.08 bits per heavy atom. The van der Waals surface area contributed by atoms with Gasteiger partial charge in [-0.15, -0.1) is 0 Å². The van der Waals surface area contributed by atoms with Crippen molar-refractivity contribution in [2.45, 2.75) is 65.3 Å². The molecule has 1 aliphatic heterocycles. The Kier molecular flexibility index (Phi) is 10.6. The summed E-state index contributed by atoms with van der Waals surface area (Å²) < 4.78 is 7.05. The van der Waals surface area contributed by atoms with Gasteiger partial charge in [-0.1, -0.05) is 6.07 Å². The fraction of sp³-hybridized carbons (Fsp3) is 0.500. The number of carbonyl (C=O) groups is 1. The molecule has 0 radical (unpaired) electrons. The van der Waals surface area contributed by atoms with E-state index in [1.165, 1.54) is 11.8 Å². The predicted octanol–water partition coefficient (Wildman–Crippen LogP) is 3.53. The lowest BCUT2D eigenvalue weighted by Crippen LogP contribution is -2.42. The highest BCUT2D eigenvalue weighted by Gasteiger charge is 2.24. The maximum atomic E-state index is 12.5. The Hall–Kier alpha value is -3.79. The van der Waals surface area contributed by atoms with E-state index in [-0.39, 0.29) is 5.78 Å². The van der Waals surface area contributed by atoms with Gasteiger partial charge < -0.3 is 15.3 Å². The van der Waals surface area contributed by atoms with Crippen LogP contribution in [-0.4, -0.2) is 69.7 Å². The first kappa shape index (κ1) is 29.2. The molecule has 0 saturated heterocycles. The monoisotopic (exact) mass is 548 g/mol. The van der Waals surface area contributed by atoms with Crippen molar-refractivity contribution in [3.63, 3.8) is 0 Å². The van der Waals surface area contributed by atoms with Gasteiger partial charge in [0.1, 0.15) is 24.4 Å². The van der Waals surface area contributed by atoms with Gasteiger partial charge in [0.05, 0.1) is 11.9 Å². The number of hydrogen-bond acceptors (Lipinski definition) is 9. The molecule has 3 aromatic heterocycles. The van der Waals surface area contributed by atoms with Gasteiger partial charge in [-0.3, -0.25) is 25.0 Å². The minimum absolute atomic E-state index is 0.00999. The zero-order valence-electron chi connectivity index (χ0n) is 23.9. The molecule has 3 N–H and O–H groups in total. The molecule has 3 aromatic rings. The highest BCUT2D eigenvalue weighted by atomic mass is 16.5. The zero-order chi connectivity index (χ0) is 28.3. The number of anilines is 2. The van der Waals surface area contributed by atoms with E-state index < -0.39 is 6.04 Å². The quantitative estimate of drug-likeness (QED) is 0.149. The van der Waals surface area contributed by atoms with E-state index in [0.29, 0.717) is 31.1 Å². The van der Waals surface area contributed by atoms with Crippen LogP contribution in [0.5, 0.6) is 5.75 Å². The van der Waals surface area contributed by atoms with Crippen LogP contribution in [0, 0.1) is 13.8 Å². The second-order valence-corrected chi connectivity index (χ2v) is 10.4. The summed E-state index contributed by atoms with van der Waals surface area (Å²) in [5.41, 5.74) is 3.89. The number of ether oxygens (including phenoxy) is 1. The van der Waals surface area contributed by atoms with Gasteiger partial charge in [-0.05, 0) is 81.0 Å². The highest BCUT2D eigenvalue weighted by Crippen LogP contribution is 2.20. The number of Topliss-reactive ketones (excluding diaryl/α,β-unsaturated/α-hetero) is 1. The third-order valence-corrected chi connectivity index (χ3v) is 7.30. The van der Waals surface area contributed by atoms with Gasteiger partial charge in [0.15, 0.2) is 17.5 Å². The van der Waals surface area contributed by atoms with Gasteiger partial charge in [-0.2, -0.15) is 0 Å². The number of hydrogen-bond donors (Lipinski definition) is 3. The molecular weight excluding hydrogens is 506 g/mol. The molecular formula is C30H42N7O3+. The van der Waals surface area contributed by atoms with E-state index >= 15 is 0 Å². The summed E-state index contributed by atoms with van der Waals surface area (Å²) in [7, 11) is 0. The lowest BCUT2D eigenvalue weighted by molar-refractivity contribution is -0.898. The average molecular weight is 549 g/mol. The molecule has 4 heterocycles. The number of nitrogens with zero attached hydrogens (tertiary/aromatic N) is 5. The summed E-state index contributed by atoms with van der Waals surface area (Å²) in [4.78, 5) is 28.1. The second-order valence-electron chi connectivity index (χ2n) is 10.4. The topological polar surface area (TPSA) is 116 Å². The first-order chi connectivity index (χ1) is 19.4. The zero-order valence-corrected chi connectivity index (χ0v) is 23.9. The Balaban J connectivity index is 1.33. The fourth-order valence-corrected chi connectivity index (χ4v) is 4.87. The third kappa shape index (κ3) is 8.35. The van der Waals surface area contributed by atoms with Crippen LogP contribution in [0.2, 0.25) is 0 Å². The minimum Gasteiger partial charge on any atom is -0.490 e. The molecule has 0 fully saturated rings. The molecule has 4 rings (SSSR count). The number of rotatable bonds is 15. The van der Waals surface area contributed by atoms with Gasteiger partial charge >= 0.3 is 5.82 Å². The molecule has 40 heavy (non-hydrogen) atoms. The minimum atomic E-state index is -0.446. The molecule has 1 atom stereocenters. The number of pyridine rings is 2. The van der Waals surface area contributed by atoms with Crippen LogP contribution >= 0.6 is 0 Å². The van der Waals surface area contributed by atoms with Gasteiger partial charge in [0.25, 0.3) is 0 Å². The van der Waals surface area contributed by atoms with Crippen LogP contribution in [0.1, 0.15) is 55.3 Å². The molecule has 0 bridgehead atoms.